The van der Waals surface area contributed by atoms with E-state index < -0.39 is 0 Å². The average Bonchev–Trinajstić information content (AvgIpc) is 3.44. The molecular weight excluding hydrogens is 514 g/mol. The van der Waals surface area contributed by atoms with E-state index in [0.29, 0.717) is 36.6 Å². The summed E-state index contributed by atoms with van der Waals surface area (Å²) in [4.78, 5) is 32.5. The zero-order chi connectivity index (χ0) is 26.5. The number of carbonyl (C=O) groups excluding carboxylic acids is 2. The second-order valence-corrected chi connectivity index (χ2v) is 11.0. The predicted octanol–water partition coefficient (Wildman–Crippen LogP) is 7.36. The molecule has 0 bridgehead atoms. The summed E-state index contributed by atoms with van der Waals surface area (Å²) in [6.07, 6.45) is 2.81. The Morgan fingerprint density at radius 3 is 2.47 bits per heavy atom. The molecule has 0 unspecified atom stereocenters. The van der Waals surface area contributed by atoms with Crippen LogP contribution in [0.25, 0.3) is 11.1 Å². The van der Waals surface area contributed by atoms with Crippen LogP contribution < -0.4 is 5.32 Å². The number of nitrogens with zero attached hydrogens (tertiary/aromatic N) is 2. The molecule has 5 nitrogen and oxygen atoms in total. The molecule has 7 heteroatoms. The van der Waals surface area contributed by atoms with Gasteiger partial charge in [-0.3, -0.25) is 9.59 Å². The summed E-state index contributed by atoms with van der Waals surface area (Å²) in [5.74, 6) is 0.211. The second kappa shape index (κ2) is 11.9. The summed E-state index contributed by atoms with van der Waals surface area (Å²) < 4.78 is 0. The number of benzene rings is 3. The Kier molecular flexibility index (Phi) is 8.20. The quantitative estimate of drug-likeness (QED) is 0.265. The van der Waals surface area contributed by atoms with Gasteiger partial charge in [0.05, 0.1) is 5.01 Å². The van der Waals surface area contributed by atoms with Gasteiger partial charge in [0.2, 0.25) is 5.91 Å². The highest BCUT2D eigenvalue weighted by Crippen LogP contribution is 2.32. The van der Waals surface area contributed by atoms with Gasteiger partial charge in [0.1, 0.15) is 5.69 Å². The zero-order valence-corrected chi connectivity index (χ0v) is 22.9. The topological polar surface area (TPSA) is 62.3 Å². The molecule has 0 radical (unpaired) electrons. The highest BCUT2D eigenvalue weighted by atomic mass is 35.5. The number of hydrogen-bond acceptors (Lipinski definition) is 4. The van der Waals surface area contributed by atoms with Crippen LogP contribution >= 0.6 is 22.9 Å². The Balaban J connectivity index is 1.17. The molecule has 2 amide bonds. The first-order valence-electron chi connectivity index (χ1n) is 12.9. The molecule has 194 valence electrons. The minimum absolute atomic E-state index is 0.162. The van der Waals surface area contributed by atoms with Crippen molar-refractivity contribution in [2.45, 2.75) is 38.5 Å². The van der Waals surface area contributed by atoms with Crippen molar-refractivity contribution < 1.29 is 9.59 Å². The molecule has 0 saturated carbocycles. The van der Waals surface area contributed by atoms with Crippen molar-refractivity contribution in [2.24, 2.45) is 0 Å². The fraction of sp³-hybridized carbons (Fsp3) is 0.258. The monoisotopic (exact) mass is 543 g/mol. The molecule has 3 aromatic carbocycles. The standard InChI is InChI=1S/C31H30ClN3O2S/c1-21-10-12-22(13-11-21)25-7-3-5-9-27(25)33-30(37)28-20-38-31(34-28)24-16-18-35(19-17-24)29(36)15-14-23-6-2-4-8-26(23)32/h2-13,20,24H,14-19H2,1H3,(H,33,37). The molecule has 1 fully saturated rings. The highest BCUT2D eigenvalue weighted by molar-refractivity contribution is 7.10. The van der Waals surface area contributed by atoms with E-state index in [4.69, 9.17) is 11.6 Å². The zero-order valence-electron chi connectivity index (χ0n) is 21.3. The maximum absolute atomic E-state index is 13.1. The fourth-order valence-electron chi connectivity index (χ4n) is 4.82. The van der Waals surface area contributed by atoms with Gasteiger partial charge in [0.25, 0.3) is 5.91 Å². The van der Waals surface area contributed by atoms with Gasteiger partial charge in [-0.2, -0.15) is 0 Å². The van der Waals surface area contributed by atoms with Crippen molar-refractivity contribution in [3.05, 3.63) is 105 Å². The van der Waals surface area contributed by atoms with Crippen molar-refractivity contribution in [2.75, 3.05) is 18.4 Å². The second-order valence-electron chi connectivity index (χ2n) is 9.68. The number of anilines is 1. The Morgan fingerprint density at radius 1 is 1.00 bits per heavy atom. The van der Waals surface area contributed by atoms with Gasteiger partial charge < -0.3 is 10.2 Å². The van der Waals surface area contributed by atoms with Crippen LogP contribution in [-0.2, 0) is 11.2 Å². The number of para-hydroxylation sites is 1. The van der Waals surface area contributed by atoms with Crippen LogP contribution in [0.4, 0.5) is 5.69 Å². The molecule has 38 heavy (non-hydrogen) atoms. The summed E-state index contributed by atoms with van der Waals surface area (Å²) in [6, 6.07) is 23.8. The first-order chi connectivity index (χ1) is 18.5. The maximum Gasteiger partial charge on any atom is 0.275 e. The average molecular weight is 544 g/mol. The number of amides is 2. The predicted molar refractivity (Wildman–Crippen MR) is 155 cm³/mol. The molecule has 0 spiro atoms. The SMILES string of the molecule is Cc1ccc(-c2ccccc2NC(=O)c2csc(C3CCN(C(=O)CCc4ccccc4Cl)CC3)n2)cc1. The fourth-order valence-corrected chi connectivity index (χ4v) is 6.02. The number of piperidine rings is 1. The Bertz CT molecular complexity index is 1430. The van der Waals surface area contributed by atoms with Crippen LogP contribution in [0.3, 0.4) is 0 Å². The van der Waals surface area contributed by atoms with E-state index in [0.717, 1.165) is 40.2 Å². The highest BCUT2D eigenvalue weighted by Gasteiger charge is 2.26. The molecular formula is C31H30ClN3O2S. The summed E-state index contributed by atoms with van der Waals surface area (Å²) in [5.41, 5.74) is 5.42. The smallest absolute Gasteiger partial charge is 0.275 e. The number of likely N-dealkylation sites (tertiary alicyclic amines) is 1. The number of rotatable bonds is 7. The summed E-state index contributed by atoms with van der Waals surface area (Å²) in [5, 5.41) is 6.56. The largest absolute Gasteiger partial charge is 0.343 e. The Morgan fingerprint density at radius 2 is 1.71 bits per heavy atom. The van der Waals surface area contributed by atoms with Gasteiger partial charge in [0.15, 0.2) is 0 Å². The van der Waals surface area contributed by atoms with Crippen molar-refractivity contribution in [3.8, 4) is 11.1 Å². The molecule has 1 saturated heterocycles. The molecule has 2 heterocycles. The van der Waals surface area contributed by atoms with Gasteiger partial charge in [-0.1, -0.05) is 77.8 Å². The molecule has 1 N–H and O–H groups in total. The summed E-state index contributed by atoms with van der Waals surface area (Å²) in [7, 11) is 0. The number of nitrogens with one attached hydrogen (secondary N) is 1. The van der Waals surface area contributed by atoms with Crippen LogP contribution in [-0.4, -0.2) is 34.8 Å². The lowest BCUT2D eigenvalue weighted by atomic mass is 9.97. The van der Waals surface area contributed by atoms with Gasteiger partial charge in [-0.25, -0.2) is 4.98 Å². The lowest BCUT2D eigenvalue weighted by molar-refractivity contribution is -0.132. The van der Waals surface area contributed by atoms with E-state index >= 15 is 0 Å². The van der Waals surface area contributed by atoms with Gasteiger partial charge in [-0.05, 0) is 49.4 Å². The number of aryl methyl sites for hydroxylation is 2. The summed E-state index contributed by atoms with van der Waals surface area (Å²) in [6.45, 7) is 3.47. The molecule has 1 aliphatic rings. The van der Waals surface area contributed by atoms with E-state index in [1.165, 1.54) is 16.9 Å². The molecule has 1 aliphatic heterocycles. The minimum Gasteiger partial charge on any atom is -0.343 e. The van der Waals surface area contributed by atoms with Crippen molar-refractivity contribution >= 4 is 40.4 Å². The number of aromatic nitrogens is 1. The van der Waals surface area contributed by atoms with Gasteiger partial charge in [-0.15, -0.1) is 11.3 Å². The van der Waals surface area contributed by atoms with Gasteiger partial charge >= 0.3 is 0 Å². The van der Waals surface area contributed by atoms with E-state index in [1.54, 1.807) is 0 Å². The third kappa shape index (κ3) is 6.14. The maximum atomic E-state index is 13.1. The first kappa shape index (κ1) is 26.1. The Hall–Kier alpha value is -3.48. The first-order valence-corrected chi connectivity index (χ1v) is 14.2. The van der Waals surface area contributed by atoms with Crippen LogP contribution in [0.1, 0.15) is 51.8 Å². The van der Waals surface area contributed by atoms with E-state index in [1.807, 2.05) is 58.8 Å². The third-order valence-electron chi connectivity index (χ3n) is 7.06. The molecule has 4 aromatic rings. The number of hydrogen-bond donors (Lipinski definition) is 1. The van der Waals surface area contributed by atoms with Crippen LogP contribution in [0.5, 0.6) is 0 Å². The van der Waals surface area contributed by atoms with Crippen LogP contribution in [0.2, 0.25) is 5.02 Å². The lowest BCUT2D eigenvalue weighted by Gasteiger charge is -2.31. The van der Waals surface area contributed by atoms with E-state index in [-0.39, 0.29) is 17.7 Å². The normalized spacial score (nSPS) is 13.9. The van der Waals surface area contributed by atoms with E-state index in [2.05, 4.69) is 41.5 Å². The van der Waals surface area contributed by atoms with Gasteiger partial charge in [0, 0.05) is 47.1 Å². The number of carbonyl (C=O) groups is 2. The molecule has 1 aromatic heterocycles. The van der Waals surface area contributed by atoms with Crippen molar-refractivity contribution in [1.29, 1.82) is 0 Å². The molecule has 0 aliphatic carbocycles. The van der Waals surface area contributed by atoms with E-state index in [9.17, 15) is 9.59 Å². The number of halogens is 1. The van der Waals surface area contributed by atoms with Crippen molar-refractivity contribution in [1.82, 2.24) is 9.88 Å². The third-order valence-corrected chi connectivity index (χ3v) is 8.43. The Labute approximate surface area is 232 Å². The lowest BCUT2D eigenvalue weighted by Crippen LogP contribution is -2.38. The molecule has 0 atom stereocenters. The minimum atomic E-state index is -0.209. The van der Waals surface area contributed by atoms with Crippen LogP contribution in [0, 0.1) is 6.92 Å². The summed E-state index contributed by atoms with van der Waals surface area (Å²) >= 11 is 7.76. The molecule has 5 rings (SSSR count). The van der Waals surface area contributed by atoms with Crippen LogP contribution in [0.15, 0.2) is 78.2 Å². The van der Waals surface area contributed by atoms with Crippen molar-refractivity contribution in [3.63, 3.8) is 0 Å². The number of thiazole rings is 1.